The van der Waals surface area contributed by atoms with Crippen molar-refractivity contribution in [3.8, 4) is 5.75 Å². The van der Waals surface area contributed by atoms with E-state index >= 15 is 0 Å². The fourth-order valence-corrected chi connectivity index (χ4v) is 1.66. The topological polar surface area (TPSA) is 84.6 Å². The predicted octanol–water partition coefficient (Wildman–Crippen LogP) is 0.813. The largest absolute Gasteiger partial charge is 0.508 e. The number of hydrogen-bond donors (Lipinski definition) is 3. The van der Waals surface area contributed by atoms with Gasteiger partial charge in [-0.05, 0) is 52.8 Å². The van der Waals surface area contributed by atoms with E-state index in [-0.39, 0.29) is 11.7 Å². The minimum absolute atomic E-state index is 0.0974. The molecule has 5 heteroatoms. The van der Waals surface area contributed by atoms with Crippen molar-refractivity contribution in [3.05, 3.63) is 27.3 Å². The Bertz CT molecular complexity index is 348. The van der Waals surface area contributed by atoms with Crippen LogP contribution in [0.1, 0.15) is 5.56 Å². The first kappa shape index (κ1) is 11.1. The van der Waals surface area contributed by atoms with Crippen LogP contribution in [0.4, 0.5) is 0 Å². The van der Waals surface area contributed by atoms with Crippen molar-refractivity contribution in [2.75, 3.05) is 6.54 Å². The maximum Gasteiger partial charge on any atom is 0.185 e. The van der Waals surface area contributed by atoms with Gasteiger partial charge in [-0.1, -0.05) is 0 Å². The van der Waals surface area contributed by atoms with E-state index in [1.54, 1.807) is 12.1 Å². The quantitative estimate of drug-likeness (QED) is 0.439. The Balaban J connectivity index is 2.67. The lowest BCUT2D eigenvalue weighted by Gasteiger charge is -2.03. The maximum absolute atomic E-state index is 9.26. The molecule has 1 aromatic rings. The summed E-state index contributed by atoms with van der Waals surface area (Å²) >= 11 is 2.21. The molecule has 76 valence electrons. The molecule has 4 nitrogen and oxygen atoms in total. The molecular formula is C9H12IN3O. The molecular weight excluding hydrogens is 293 g/mol. The minimum Gasteiger partial charge on any atom is -0.508 e. The molecule has 1 aromatic carbocycles. The molecule has 0 spiro atoms. The smallest absolute Gasteiger partial charge is 0.185 e. The molecule has 0 saturated carbocycles. The highest BCUT2D eigenvalue weighted by Gasteiger charge is 2.00. The summed E-state index contributed by atoms with van der Waals surface area (Å²) in [6.45, 7) is 0.543. The number of halogens is 1. The van der Waals surface area contributed by atoms with Crippen molar-refractivity contribution >= 4 is 28.6 Å². The number of guanidine groups is 1. The first-order valence-corrected chi connectivity index (χ1v) is 5.20. The summed E-state index contributed by atoms with van der Waals surface area (Å²) in [5.74, 6) is 0.366. The molecule has 1 rings (SSSR count). The average molecular weight is 305 g/mol. The second kappa shape index (κ2) is 5.04. The molecule has 5 N–H and O–H groups in total. The summed E-state index contributed by atoms with van der Waals surface area (Å²) < 4.78 is 1.10. The maximum atomic E-state index is 9.26. The number of phenols is 1. The van der Waals surface area contributed by atoms with Crippen LogP contribution in [0, 0.1) is 3.57 Å². The third-order valence-corrected chi connectivity index (χ3v) is 2.76. The number of phenolic OH excluding ortho intramolecular Hbond substituents is 1. The SMILES string of the molecule is NC(N)=NCCc1cc(O)ccc1I. The van der Waals surface area contributed by atoms with Gasteiger partial charge in [-0.2, -0.15) is 0 Å². The number of aliphatic imine (C=N–C) groups is 1. The van der Waals surface area contributed by atoms with Gasteiger partial charge in [-0.3, -0.25) is 4.99 Å². The van der Waals surface area contributed by atoms with E-state index in [1.165, 1.54) is 0 Å². The van der Waals surface area contributed by atoms with Gasteiger partial charge < -0.3 is 16.6 Å². The number of benzene rings is 1. The van der Waals surface area contributed by atoms with Gasteiger partial charge in [0.25, 0.3) is 0 Å². The van der Waals surface area contributed by atoms with Gasteiger partial charge in [0.15, 0.2) is 5.96 Å². The number of aromatic hydroxyl groups is 1. The molecule has 0 aliphatic rings. The second-order valence-electron chi connectivity index (χ2n) is 2.83. The number of nitrogens with two attached hydrogens (primary N) is 2. The fourth-order valence-electron chi connectivity index (χ4n) is 1.06. The first-order valence-electron chi connectivity index (χ1n) is 4.12. The number of nitrogens with zero attached hydrogens (tertiary/aromatic N) is 1. The molecule has 0 atom stereocenters. The standard InChI is InChI=1S/C9H12IN3O/c10-8-2-1-7(14)5-6(8)3-4-13-9(11)12/h1-2,5,14H,3-4H2,(H4,11,12,13). The summed E-state index contributed by atoms with van der Waals surface area (Å²) in [5, 5.41) is 9.26. The molecule has 0 aliphatic heterocycles. The monoisotopic (exact) mass is 305 g/mol. The first-order chi connectivity index (χ1) is 6.59. The zero-order valence-corrected chi connectivity index (χ0v) is 9.73. The predicted molar refractivity (Wildman–Crippen MR) is 65.2 cm³/mol. The van der Waals surface area contributed by atoms with Gasteiger partial charge in [0.05, 0.1) is 0 Å². The summed E-state index contributed by atoms with van der Waals surface area (Å²) in [7, 11) is 0. The zero-order valence-electron chi connectivity index (χ0n) is 7.57. The van der Waals surface area contributed by atoms with Crippen LogP contribution in [-0.2, 0) is 6.42 Å². The Morgan fingerprint density at radius 1 is 1.43 bits per heavy atom. The zero-order chi connectivity index (χ0) is 10.6. The molecule has 0 bridgehead atoms. The Labute approximate surface area is 96.2 Å². The van der Waals surface area contributed by atoms with Crippen molar-refractivity contribution in [1.29, 1.82) is 0 Å². The molecule has 0 unspecified atom stereocenters. The van der Waals surface area contributed by atoms with E-state index in [4.69, 9.17) is 11.5 Å². The molecule has 0 saturated heterocycles. The Kier molecular flexibility index (Phi) is 3.99. The lowest BCUT2D eigenvalue weighted by atomic mass is 10.1. The molecule has 0 heterocycles. The van der Waals surface area contributed by atoms with E-state index < -0.39 is 0 Å². The van der Waals surface area contributed by atoms with Crippen LogP contribution >= 0.6 is 22.6 Å². The highest BCUT2D eigenvalue weighted by atomic mass is 127. The molecule has 14 heavy (non-hydrogen) atoms. The van der Waals surface area contributed by atoms with Gasteiger partial charge in [0.1, 0.15) is 5.75 Å². The molecule has 0 radical (unpaired) electrons. The van der Waals surface area contributed by atoms with Crippen LogP contribution in [0.5, 0.6) is 5.75 Å². The summed E-state index contributed by atoms with van der Waals surface area (Å²) in [5.41, 5.74) is 11.5. The lowest BCUT2D eigenvalue weighted by molar-refractivity contribution is 0.474. The number of hydrogen-bond acceptors (Lipinski definition) is 2. The second-order valence-corrected chi connectivity index (χ2v) is 3.99. The van der Waals surface area contributed by atoms with E-state index in [0.717, 1.165) is 15.6 Å². The van der Waals surface area contributed by atoms with Gasteiger partial charge in [0, 0.05) is 10.1 Å². The minimum atomic E-state index is 0.0974. The van der Waals surface area contributed by atoms with Crippen LogP contribution in [0.25, 0.3) is 0 Å². The van der Waals surface area contributed by atoms with Crippen LogP contribution in [0.15, 0.2) is 23.2 Å². The van der Waals surface area contributed by atoms with E-state index in [2.05, 4.69) is 27.6 Å². The molecule has 0 amide bonds. The van der Waals surface area contributed by atoms with Crippen molar-refractivity contribution < 1.29 is 5.11 Å². The van der Waals surface area contributed by atoms with Crippen molar-refractivity contribution in [3.63, 3.8) is 0 Å². The third-order valence-electron chi connectivity index (χ3n) is 1.70. The highest BCUT2D eigenvalue weighted by Crippen LogP contribution is 2.18. The van der Waals surface area contributed by atoms with Crippen LogP contribution < -0.4 is 11.5 Å². The van der Waals surface area contributed by atoms with Gasteiger partial charge in [0.2, 0.25) is 0 Å². The van der Waals surface area contributed by atoms with Crippen molar-refractivity contribution in [2.24, 2.45) is 16.5 Å². The van der Waals surface area contributed by atoms with Gasteiger partial charge in [-0.15, -0.1) is 0 Å². The Morgan fingerprint density at radius 2 is 2.14 bits per heavy atom. The Hall–Kier alpha value is -0.980. The highest BCUT2D eigenvalue weighted by molar-refractivity contribution is 14.1. The average Bonchev–Trinajstić information content (AvgIpc) is 2.10. The van der Waals surface area contributed by atoms with E-state index in [0.29, 0.717) is 6.54 Å². The summed E-state index contributed by atoms with van der Waals surface area (Å²) in [4.78, 5) is 3.88. The lowest BCUT2D eigenvalue weighted by Crippen LogP contribution is -2.23. The molecule has 0 aromatic heterocycles. The summed E-state index contributed by atoms with van der Waals surface area (Å²) in [6.07, 6.45) is 0.727. The molecule has 0 aliphatic carbocycles. The fraction of sp³-hybridized carbons (Fsp3) is 0.222. The van der Waals surface area contributed by atoms with Crippen molar-refractivity contribution in [2.45, 2.75) is 6.42 Å². The van der Waals surface area contributed by atoms with Crippen LogP contribution in [0.3, 0.4) is 0 Å². The number of rotatable bonds is 3. The van der Waals surface area contributed by atoms with Crippen LogP contribution in [-0.4, -0.2) is 17.6 Å². The Morgan fingerprint density at radius 3 is 2.79 bits per heavy atom. The van der Waals surface area contributed by atoms with Crippen LogP contribution in [0.2, 0.25) is 0 Å². The van der Waals surface area contributed by atoms with Crippen molar-refractivity contribution in [1.82, 2.24) is 0 Å². The van der Waals surface area contributed by atoms with E-state index in [9.17, 15) is 5.11 Å². The molecule has 0 fully saturated rings. The van der Waals surface area contributed by atoms with Gasteiger partial charge >= 0.3 is 0 Å². The van der Waals surface area contributed by atoms with Gasteiger partial charge in [-0.25, -0.2) is 0 Å². The summed E-state index contributed by atoms with van der Waals surface area (Å²) in [6, 6.07) is 5.25. The normalized spacial score (nSPS) is 9.79. The van der Waals surface area contributed by atoms with E-state index in [1.807, 2.05) is 6.07 Å². The third kappa shape index (κ3) is 3.41.